The highest BCUT2D eigenvalue weighted by molar-refractivity contribution is 5.68. The summed E-state index contributed by atoms with van der Waals surface area (Å²) in [4.78, 5) is 61.2. The largest absolute Gasteiger partial charge is 0.481 e. The normalized spacial score (nSPS) is 10.2. The topological polar surface area (TPSA) is 649 Å². The molecule has 0 aromatic rings. The number of hydrogen-bond donors (Lipinski definition) is 27. The Kier molecular flexibility index (Phi) is 175. The quantitative estimate of drug-likeness (QED) is 0.0251. The molecular formula is C93H200O33. The first-order valence-corrected chi connectivity index (χ1v) is 47.9. The third-order valence-corrected chi connectivity index (χ3v) is 17.9. The minimum Gasteiger partial charge on any atom is -0.481 e. The molecule has 0 saturated carbocycles. The molecule has 0 aromatic heterocycles. The average Bonchev–Trinajstić information content (AvgIpc) is 1.12. The molecule has 0 radical (unpaired) electrons. The van der Waals surface area contributed by atoms with Crippen LogP contribution >= 0.6 is 0 Å². The van der Waals surface area contributed by atoms with Gasteiger partial charge in [0, 0.05) is 38.5 Å². The Morgan fingerprint density at radius 1 is 0.135 bits per heavy atom. The van der Waals surface area contributed by atoms with E-state index in [9.17, 15) is 28.8 Å². The van der Waals surface area contributed by atoms with Crippen LogP contribution in [-0.4, -0.2) is 309 Å². The second-order valence-electron chi connectivity index (χ2n) is 31.0. The van der Waals surface area contributed by atoms with Crippen molar-refractivity contribution >= 4 is 35.8 Å². The van der Waals surface area contributed by atoms with Crippen molar-refractivity contribution in [1.82, 2.24) is 0 Å². The van der Waals surface area contributed by atoms with E-state index in [2.05, 4.69) is 41.5 Å². The van der Waals surface area contributed by atoms with Crippen LogP contribution in [0, 0.1) is 0 Å². The number of carbonyl (C=O) groups is 6. The monoisotopic (exact) mass is 1850 g/mol. The molecule has 0 atom stereocenters. The van der Waals surface area contributed by atoms with Gasteiger partial charge in [0.15, 0.2) is 0 Å². The maximum Gasteiger partial charge on any atom is 0.303 e. The molecule has 0 amide bonds. The molecule has 770 valence electrons. The average molecular weight is 1850 g/mol. The molecule has 0 heterocycles. The van der Waals surface area contributed by atoms with E-state index in [0.717, 1.165) is 77.0 Å². The molecule has 126 heavy (non-hydrogen) atoms. The number of unbranched alkanes of at least 4 members (excludes halogenated alkanes) is 48. The smallest absolute Gasteiger partial charge is 0.303 e. The third kappa shape index (κ3) is 210. The van der Waals surface area contributed by atoms with Crippen molar-refractivity contribution in [3.05, 3.63) is 0 Å². The van der Waals surface area contributed by atoms with E-state index in [1.165, 1.54) is 270 Å². The van der Waals surface area contributed by atoms with Gasteiger partial charge in [0.1, 0.15) is 42.7 Å². The number of aliphatic hydroxyl groups is 21. The predicted octanol–water partition coefficient (Wildman–Crippen LogP) is 12.3. The van der Waals surface area contributed by atoms with E-state index in [1.807, 2.05) is 0 Å². The standard InChI is InChI=1S/6C12H24O2.7C3H8O3/c6*1-2-3-4-5-6-7-8-9-10-11-12(13)14;7*4-1-3(6)2-5/h6*2-11H2,1H3,(H,13,14);7*3-6H,1-2H2. The summed E-state index contributed by atoms with van der Waals surface area (Å²) >= 11 is 0. The van der Waals surface area contributed by atoms with Gasteiger partial charge in [0.2, 0.25) is 0 Å². The lowest BCUT2D eigenvalue weighted by atomic mass is 10.1. The number of rotatable bonds is 74. The molecule has 0 bridgehead atoms. The molecule has 33 heteroatoms. The van der Waals surface area contributed by atoms with Gasteiger partial charge in [-0.05, 0) is 38.5 Å². The summed E-state index contributed by atoms with van der Waals surface area (Å²) in [6.07, 6.45) is 62.2. The van der Waals surface area contributed by atoms with Gasteiger partial charge in [0.05, 0.1) is 92.5 Å². The molecule has 0 saturated heterocycles. The van der Waals surface area contributed by atoms with Crippen molar-refractivity contribution in [3.63, 3.8) is 0 Å². The van der Waals surface area contributed by atoms with Crippen molar-refractivity contribution in [2.24, 2.45) is 0 Å². The second kappa shape index (κ2) is 147. The highest BCUT2D eigenvalue weighted by Gasteiger charge is 2.05. The Labute approximate surface area is 761 Å². The number of hydrogen-bond acceptors (Lipinski definition) is 27. The Bertz CT molecular complexity index is 1550. The zero-order chi connectivity index (χ0) is 98.8. The highest BCUT2D eigenvalue weighted by atomic mass is 16.4. The molecule has 0 unspecified atom stereocenters. The molecule has 0 aliphatic heterocycles. The zero-order valence-electron chi connectivity index (χ0n) is 79.9. The van der Waals surface area contributed by atoms with Gasteiger partial charge in [-0.25, -0.2) is 0 Å². The number of aliphatic hydroxyl groups excluding tert-OH is 21. The summed E-state index contributed by atoms with van der Waals surface area (Å²) in [6.45, 7) is 8.26. The summed E-state index contributed by atoms with van der Waals surface area (Å²) in [7, 11) is 0. The van der Waals surface area contributed by atoms with Crippen LogP contribution < -0.4 is 0 Å². The predicted molar refractivity (Wildman–Crippen MR) is 498 cm³/mol. The maximum atomic E-state index is 10.2. The molecule has 0 aromatic carbocycles. The van der Waals surface area contributed by atoms with E-state index in [4.69, 9.17) is 138 Å². The van der Waals surface area contributed by atoms with Crippen molar-refractivity contribution < 1.29 is 167 Å². The van der Waals surface area contributed by atoms with Crippen molar-refractivity contribution in [2.45, 2.75) is 470 Å². The van der Waals surface area contributed by atoms with Crippen LogP contribution in [0.4, 0.5) is 0 Å². The van der Waals surface area contributed by atoms with Gasteiger partial charge in [-0.1, -0.05) is 350 Å². The highest BCUT2D eigenvalue weighted by Crippen LogP contribution is 2.16. The van der Waals surface area contributed by atoms with Crippen LogP contribution in [0.5, 0.6) is 0 Å². The zero-order valence-corrected chi connectivity index (χ0v) is 79.9. The first-order valence-electron chi connectivity index (χ1n) is 47.9. The van der Waals surface area contributed by atoms with Crippen LogP contribution in [0.2, 0.25) is 0 Å². The number of carboxylic acid groups (broad SMARTS) is 6. The SMILES string of the molecule is CCCCCCCCCCCC(=O)O.CCCCCCCCCCCC(=O)O.CCCCCCCCCCCC(=O)O.CCCCCCCCCCCC(=O)O.CCCCCCCCCCCC(=O)O.CCCCCCCCCCCC(=O)O.OCC(O)CO.OCC(O)CO.OCC(O)CO.OCC(O)CO.OCC(O)CO.OCC(O)CO.OCC(O)CO. The molecule has 0 rings (SSSR count). The van der Waals surface area contributed by atoms with Crippen molar-refractivity contribution in [1.29, 1.82) is 0 Å². The molecule has 0 fully saturated rings. The first-order chi connectivity index (χ1) is 60.3. The maximum absolute atomic E-state index is 10.2. The van der Waals surface area contributed by atoms with Crippen LogP contribution in [-0.2, 0) is 28.8 Å². The van der Waals surface area contributed by atoms with Crippen LogP contribution in [0.3, 0.4) is 0 Å². The van der Waals surface area contributed by atoms with E-state index in [1.54, 1.807) is 0 Å². The lowest BCUT2D eigenvalue weighted by molar-refractivity contribution is -0.138. The van der Waals surface area contributed by atoms with Gasteiger partial charge in [-0.15, -0.1) is 0 Å². The lowest BCUT2D eigenvalue weighted by Crippen LogP contribution is -2.15. The second-order valence-corrected chi connectivity index (χ2v) is 31.0. The van der Waals surface area contributed by atoms with Crippen LogP contribution in [0.15, 0.2) is 0 Å². The fourth-order valence-electron chi connectivity index (χ4n) is 9.93. The van der Waals surface area contributed by atoms with E-state index in [-0.39, 0.29) is 92.5 Å². The van der Waals surface area contributed by atoms with Gasteiger partial charge in [-0.2, -0.15) is 0 Å². The van der Waals surface area contributed by atoms with E-state index >= 15 is 0 Å². The minimum absolute atomic E-state index is 0.343. The molecule has 0 spiro atoms. The Morgan fingerprint density at radius 3 is 0.246 bits per heavy atom. The molecule has 33 nitrogen and oxygen atoms in total. The van der Waals surface area contributed by atoms with E-state index in [0.29, 0.717) is 38.5 Å². The van der Waals surface area contributed by atoms with Gasteiger partial charge in [0.25, 0.3) is 0 Å². The fraction of sp³-hybridized carbons (Fsp3) is 0.935. The Morgan fingerprint density at radius 2 is 0.198 bits per heavy atom. The summed E-state index contributed by atoms with van der Waals surface area (Å²) < 4.78 is 0. The Hall–Kier alpha value is -4.02. The molecule has 0 aliphatic rings. The fourth-order valence-corrected chi connectivity index (χ4v) is 9.93. The lowest BCUT2D eigenvalue weighted by Gasteiger charge is -2.00. The first kappa shape index (κ1) is 150. The summed E-state index contributed by atoms with van der Waals surface area (Å²) in [5, 5.41) is 219. The minimum atomic E-state index is -0.954. The van der Waals surface area contributed by atoms with Gasteiger partial charge < -0.3 is 138 Å². The third-order valence-electron chi connectivity index (χ3n) is 17.9. The molecule has 0 aliphatic carbocycles. The van der Waals surface area contributed by atoms with Crippen LogP contribution in [0.1, 0.15) is 427 Å². The summed E-state index contributed by atoms with van der Waals surface area (Å²) in [5.74, 6) is -3.96. The Balaban J connectivity index is -0.000000102. The van der Waals surface area contributed by atoms with Crippen molar-refractivity contribution in [3.8, 4) is 0 Å². The number of carboxylic acids is 6. The molecular weight excluding hydrogens is 1640 g/mol. The number of aliphatic carboxylic acids is 6. The molecule has 27 N–H and O–H groups in total. The summed E-state index contributed by atoms with van der Waals surface area (Å²) in [6, 6.07) is 0. The van der Waals surface area contributed by atoms with Gasteiger partial charge in [-0.3, -0.25) is 28.8 Å². The van der Waals surface area contributed by atoms with Gasteiger partial charge >= 0.3 is 35.8 Å². The summed E-state index contributed by atoms with van der Waals surface area (Å²) in [5.41, 5.74) is 0. The van der Waals surface area contributed by atoms with Crippen molar-refractivity contribution in [2.75, 3.05) is 92.5 Å². The van der Waals surface area contributed by atoms with Crippen LogP contribution in [0.25, 0.3) is 0 Å². The van der Waals surface area contributed by atoms with E-state index < -0.39 is 78.5 Å².